The van der Waals surface area contributed by atoms with Crippen LogP contribution >= 0.6 is 11.8 Å². The van der Waals surface area contributed by atoms with E-state index >= 15 is 0 Å². The summed E-state index contributed by atoms with van der Waals surface area (Å²) in [6, 6.07) is 9.94. The molecule has 8 nitrogen and oxygen atoms in total. The monoisotopic (exact) mass is 483 g/mol. The maximum absolute atomic E-state index is 12.5. The van der Waals surface area contributed by atoms with E-state index in [2.05, 4.69) is 33.7 Å². The first-order valence-electron chi connectivity index (χ1n) is 11.2. The molecule has 0 saturated heterocycles. The highest BCUT2D eigenvalue weighted by Gasteiger charge is 2.19. The number of rotatable bonds is 9. The van der Waals surface area contributed by atoms with E-state index in [1.807, 2.05) is 6.92 Å². The number of hydrogen-bond donors (Lipinski definition) is 1. The SMILES string of the molecule is COc1cc(-c2nnc(SCC(=O)NC(C)c3ccc4c(c3)CCCC4)o2)cc(OC)c1OC. The number of nitrogens with zero attached hydrogens (tertiary/aromatic N) is 2. The standard InChI is InChI=1S/C25H29N3O5S/c1-15(17-10-9-16-7-5-6-8-18(16)11-17)26-22(29)14-34-25-28-27-24(33-25)19-12-20(30-2)23(32-4)21(13-19)31-3/h9-13,15H,5-8,14H2,1-4H3,(H,26,29). The molecule has 1 aromatic heterocycles. The van der Waals surface area contributed by atoms with Gasteiger partial charge in [-0.1, -0.05) is 30.0 Å². The Balaban J connectivity index is 1.37. The molecule has 1 unspecified atom stereocenters. The second-order valence-electron chi connectivity index (χ2n) is 8.10. The smallest absolute Gasteiger partial charge is 0.277 e. The van der Waals surface area contributed by atoms with E-state index in [1.54, 1.807) is 33.5 Å². The zero-order valence-electron chi connectivity index (χ0n) is 19.8. The van der Waals surface area contributed by atoms with E-state index in [9.17, 15) is 4.79 Å². The average Bonchev–Trinajstić information content (AvgIpc) is 3.35. The van der Waals surface area contributed by atoms with Crippen LogP contribution in [0.2, 0.25) is 0 Å². The summed E-state index contributed by atoms with van der Waals surface area (Å²) in [7, 11) is 4.62. The van der Waals surface area contributed by atoms with E-state index in [0.717, 1.165) is 18.4 Å². The Hall–Kier alpha value is -3.20. The summed E-state index contributed by atoms with van der Waals surface area (Å²) in [6.45, 7) is 2.00. The molecule has 9 heteroatoms. The predicted molar refractivity (Wildman–Crippen MR) is 130 cm³/mol. The van der Waals surface area contributed by atoms with Gasteiger partial charge in [-0.15, -0.1) is 10.2 Å². The number of benzene rings is 2. The van der Waals surface area contributed by atoms with Crippen molar-refractivity contribution >= 4 is 17.7 Å². The maximum Gasteiger partial charge on any atom is 0.277 e. The molecule has 0 aliphatic heterocycles. The lowest BCUT2D eigenvalue weighted by molar-refractivity contribution is -0.119. The van der Waals surface area contributed by atoms with Crippen LogP contribution in [0.3, 0.4) is 0 Å². The van der Waals surface area contributed by atoms with Crippen LogP contribution < -0.4 is 19.5 Å². The van der Waals surface area contributed by atoms with Gasteiger partial charge in [-0.05, 0) is 61.4 Å². The third-order valence-corrected chi connectivity index (χ3v) is 6.71. The van der Waals surface area contributed by atoms with Crippen LogP contribution in [0.5, 0.6) is 17.2 Å². The number of fused-ring (bicyclic) bond motifs is 1. The van der Waals surface area contributed by atoms with Crippen molar-refractivity contribution in [3.8, 4) is 28.7 Å². The summed E-state index contributed by atoms with van der Waals surface area (Å²) in [5.41, 5.74) is 4.59. The zero-order chi connectivity index (χ0) is 24.1. The molecule has 1 aliphatic rings. The van der Waals surface area contributed by atoms with E-state index < -0.39 is 0 Å². The van der Waals surface area contributed by atoms with Crippen LogP contribution in [0.25, 0.3) is 11.5 Å². The molecule has 0 radical (unpaired) electrons. The molecule has 34 heavy (non-hydrogen) atoms. The van der Waals surface area contributed by atoms with Crippen molar-refractivity contribution in [2.75, 3.05) is 27.1 Å². The first-order valence-corrected chi connectivity index (χ1v) is 12.2. The van der Waals surface area contributed by atoms with Crippen LogP contribution in [0.4, 0.5) is 0 Å². The van der Waals surface area contributed by atoms with Crippen LogP contribution in [-0.4, -0.2) is 43.2 Å². The van der Waals surface area contributed by atoms with E-state index in [0.29, 0.717) is 33.9 Å². The van der Waals surface area contributed by atoms with E-state index in [1.165, 1.54) is 35.7 Å². The van der Waals surface area contributed by atoms with Gasteiger partial charge in [0.25, 0.3) is 5.22 Å². The van der Waals surface area contributed by atoms with Gasteiger partial charge in [0, 0.05) is 5.56 Å². The van der Waals surface area contributed by atoms with E-state index in [-0.39, 0.29) is 17.7 Å². The molecule has 1 amide bonds. The topological polar surface area (TPSA) is 95.7 Å². The summed E-state index contributed by atoms with van der Waals surface area (Å²) < 4.78 is 21.9. The van der Waals surface area contributed by atoms with Gasteiger partial charge in [-0.3, -0.25) is 4.79 Å². The third kappa shape index (κ3) is 5.30. The molecule has 1 atom stereocenters. The number of hydrogen-bond acceptors (Lipinski definition) is 8. The zero-order valence-corrected chi connectivity index (χ0v) is 20.7. The fourth-order valence-corrected chi connectivity index (χ4v) is 4.68. The first kappa shape index (κ1) is 23.9. The summed E-state index contributed by atoms with van der Waals surface area (Å²) >= 11 is 1.19. The molecular weight excluding hydrogens is 454 g/mol. The van der Waals surface area contributed by atoms with Gasteiger partial charge in [0.05, 0.1) is 33.1 Å². The summed E-state index contributed by atoms with van der Waals surface area (Å²) in [4.78, 5) is 12.5. The lowest BCUT2D eigenvalue weighted by Gasteiger charge is -2.20. The largest absolute Gasteiger partial charge is 0.493 e. The van der Waals surface area contributed by atoms with E-state index in [4.69, 9.17) is 18.6 Å². The van der Waals surface area contributed by atoms with Crippen molar-refractivity contribution < 1.29 is 23.4 Å². The Labute approximate surface area is 203 Å². The minimum Gasteiger partial charge on any atom is -0.493 e. The number of amides is 1. The minimum absolute atomic E-state index is 0.0715. The highest BCUT2D eigenvalue weighted by atomic mass is 32.2. The number of aryl methyl sites for hydroxylation is 2. The lowest BCUT2D eigenvalue weighted by Crippen LogP contribution is -2.28. The average molecular weight is 484 g/mol. The van der Waals surface area contributed by atoms with Gasteiger partial charge in [-0.2, -0.15) is 0 Å². The number of thioether (sulfide) groups is 1. The van der Waals surface area contributed by atoms with Crippen molar-refractivity contribution in [2.24, 2.45) is 0 Å². The molecule has 2 aromatic carbocycles. The van der Waals surface area contributed by atoms with Gasteiger partial charge in [0.15, 0.2) is 11.5 Å². The normalized spacial score (nSPS) is 13.6. The van der Waals surface area contributed by atoms with Gasteiger partial charge < -0.3 is 23.9 Å². The van der Waals surface area contributed by atoms with Crippen LogP contribution in [0.15, 0.2) is 40.0 Å². The van der Waals surface area contributed by atoms with Gasteiger partial charge in [0.1, 0.15) is 0 Å². The highest BCUT2D eigenvalue weighted by molar-refractivity contribution is 7.99. The quantitative estimate of drug-likeness (QED) is 0.441. The maximum atomic E-state index is 12.5. The molecule has 0 spiro atoms. The molecule has 1 aliphatic carbocycles. The number of ether oxygens (including phenoxy) is 3. The Morgan fingerprint density at radius 3 is 2.41 bits per heavy atom. The second-order valence-corrected chi connectivity index (χ2v) is 9.03. The molecule has 0 saturated carbocycles. The molecule has 4 rings (SSSR count). The van der Waals surface area contributed by atoms with Crippen LogP contribution in [-0.2, 0) is 17.6 Å². The van der Waals surface area contributed by atoms with Crippen molar-refractivity contribution in [2.45, 2.75) is 43.9 Å². The Bertz CT molecular complexity index is 1140. The number of nitrogens with one attached hydrogen (secondary N) is 1. The number of aromatic nitrogens is 2. The first-order chi connectivity index (χ1) is 16.5. The fraction of sp³-hybridized carbons (Fsp3) is 0.400. The molecular formula is C25H29N3O5S. The number of carbonyl (C=O) groups is 1. The van der Waals surface area contributed by atoms with Crippen molar-refractivity contribution in [3.05, 3.63) is 47.0 Å². The third-order valence-electron chi connectivity index (χ3n) is 5.89. The van der Waals surface area contributed by atoms with Crippen molar-refractivity contribution in [1.82, 2.24) is 15.5 Å². The molecule has 180 valence electrons. The molecule has 1 N–H and O–H groups in total. The van der Waals surface area contributed by atoms with Crippen molar-refractivity contribution in [3.63, 3.8) is 0 Å². The second kappa shape index (κ2) is 10.8. The Kier molecular flexibility index (Phi) is 7.62. The Morgan fingerprint density at radius 2 is 1.74 bits per heavy atom. The van der Waals surface area contributed by atoms with Crippen LogP contribution in [0.1, 0.15) is 42.5 Å². The number of carbonyl (C=O) groups excluding carboxylic acids is 1. The van der Waals surface area contributed by atoms with Gasteiger partial charge in [-0.25, -0.2) is 0 Å². The van der Waals surface area contributed by atoms with Gasteiger partial charge >= 0.3 is 0 Å². The van der Waals surface area contributed by atoms with Crippen molar-refractivity contribution in [1.29, 1.82) is 0 Å². The number of methoxy groups -OCH3 is 3. The molecule has 0 bridgehead atoms. The summed E-state index contributed by atoms with van der Waals surface area (Å²) in [5.74, 6) is 1.83. The molecule has 1 heterocycles. The molecule has 0 fully saturated rings. The summed E-state index contributed by atoms with van der Waals surface area (Å²) in [6.07, 6.45) is 4.75. The summed E-state index contributed by atoms with van der Waals surface area (Å²) in [5, 5.41) is 11.5. The predicted octanol–water partition coefficient (Wildman–Crippen LogP) is 4.61. The fourth-order valence-electron chi connectivity index (χ4n) is 4.11. The Morgan fingerprint density at radius 1 is 1.03 bits per heavy atom. The minimum atomic E-state index is -0.0947. The highest BCUT2D eigenvalue weighted by Crippen LogP contribution is 2.41. The lowest BCUT2D eigenvalue weighted by atomic mass is 9.89. The van der Waals surface area contributed by atoms with Crippen LogP contribution in [0, 0.1) is 0 Å². The molecule has 3 aromatic rings. The van der Waals surface area contributed by atoms with Gasteiger partial charge in [0.2, 0.25) is 17.5 Å².